The number of urea groups is 1. The number of carbonyl (C=O) groups is 1. The average molecular weight is 311 g/mol. The van der Waals surface area contributed by atoms with E-state index in [4.69, 9.17) is 0 Å². The van der Waals surface area contributed by atoms with Gasteiger partial charge in [-0.2, -0.15) is 0 Å². The van der Waals surface area contributed by atoms with E-state index >= 15 is 0 Å². The van der Waals surface area contributed by atoms with Gasteiger partial charge in [-0.1, -0.05) is 19.8 Å². The molecule has 1 saturated heterocycles. The molecule has 0 radical (unpaired) electrons. The van der Waals surface area contributed by atoms with Crippen molar-refractivity contribution in [2.75, 3.05) is 37.6 Å². The van der Waals surface area contributed by atoms with E-state index < -0.39 is 11.6 Å². The Bertz CT molecular complexity index is 502. The number of anilines is 1. The Morgan fingerprint density at radius 1 is 1.18 bits per heavy atom. The van der Waals surface area contributed by atoms with Crippen LogP contribution >= 0.6 is 0 Å². The maximum Gasteiger partial charge on any atom is 0.317 e. The van der Waals surface area contributed by atoms with Gasteiger partial charge in [0.05, 0.1) is 5.69 Å². The molecule has 22 heavy (non-hydrogen) atoms. The van der Waals surface area contributed by atoms with Crippen molar-refractivity contribution in [3.63, 3.8) is 0 Å². The summed E-state index contributed by atoms with van der Waals surface area (Å²) in [7, 11) is 0. The number of benzene rings is 1. The fourth-order valence-electron chi connectivity index (χ4n) is 2.57. The predicted octanol–water partition coefficient (Wildman–Crippen LogP) is 2.99. The molecule has 1 aliphatic rings. The number of hydrogen-bond donors (Lipinski definition) is 1. The number of rotatable bonds is 5. The highest BCUT2D eigenvalue weighted by atomic mass is 19.1. The number of nitrogens with one attached hydrogen (secondary N) is 1. The topological polar surface area (TPSA) is 35.6 Å². The monoisotopic (exact) mass is 311 g/mol. The van der Waals surface area contributed by atoms with E-state index in [0.29, 0.717) is 38.4 Å². The molecule has 1 aliphatic heterocycles. The fourth-order valence-corrected chi connectivity index (χ4v) is 2.57. The average Bonchev–Trinajstić information content (AvgIpc) is 2.52. The van der Waals surface area contributed by atoms with Gasteiger partial charge in [-0.15, -0.1) is 0 Å². The first-order chi connectivity index (χ1) is 10.6. The minimum atomic E-state index is -0.577. The van der Waals surface area contributed by atoms with Crippen LogP contribution in [0.5, 0.6) is 0 Å². The lowest BCUT2D eigenvalue weighted by Crippen LogP contribution is -2.52. The summed E-state index contributed by atoms with van der Waals surface area (Å²) in [5.74, 6) is -1.14. The van der Waals surface area contributed by atoms with E-state index in [1.54, 1.807) is 4.90 Å². The lowest BCUT2D eigenvalue weighted by Gasteiger charge is -2.36. The van der Waals surface area contributed by atoms with E-state index in [1.807, 2.05) is 4.90 Å². The molecule has 0 saturated carbocycles. The standard InChI is InChI=1S/C16H23F2N3O/c1-2-3-4-7-19-16(22)21-10-8-20(9-11-21)15-6-5-13(17)12-14(15)18/h5-6,12H,2-4,7-11H2,1H3,(H,19,22). The summed E-state index contributed by atoms with van der Waals surface area (Å²) in [5.41, 5.74) is 0.393. The molecule has 1 N–H and O–H groups in total. The summed E-state index contributed by atoms with van der Waals surface area (Å²) >= 11 is 0. The lowest BCUT2D eigenvalue weighted by molar-refractivity contribution is 0.194. The minimum absolute atomic E-state index is 0.0599. The molecular formula is C16H23F2N3O. The summed E-state index contributed by atoms with van der Waals surface area (Å²) in [6, 6.07) is 3.54. The maximum atomic E-state index is 13.8. The van der Waals surface area contributed by atoms with Crippen LogP contribution in [-0.4, -0.2) is 43.7 Å². The molecule has 6 heteroatoms. The van der Waals surface area contributed by atoms with Gasteiger partial charge in [-0.3, -0.25) is 0 Å². The van der Waals surface area contributed by atoms with Gasteiger partial charge in [0, 0.05) is 38.8 Å². The van der Waals surface area contributed by atoms with Crippen molar-refractivity contribution < 1.29 is 13.6 Å². The second-order valence-electron chi connectivity index (χ2n) is 5.51. The molecule has 2 amide bonds. The second kappa shape index (κ2) is 7.96. The molecule has 122 valence electrons. The highest BCUT2D eigenvalue weighted by Crippen LogP contribution is 2.21. The number of amides is 2. The summed E-state index contributed by atoms with van der Waals surface area (Å²) in [6.07, 6.45) is 3.22. The van der Waals surface area contributed by atoms with Gasteiger partial charge in [0.1, 0.15) is 11.6 Å². The smallest absolute Gasteiger partial charge is 0.317 e. The first kappa shape index (κ1) is 16.5. The predicted molar refractivity (Wildman–Crippen MR) is 83.1 cm³/mol. The van der Waals surface area contributed by atoms with Crippen LogP contribution in [0.2, 0.25) is 0 Å². The Kier molecular flexibility index (Phi) is 5.98. The number of hydrogen-bond acceptors (Lipinski definition) is 2. The minimum Gasteiger partial charge on any atom is -0.366 e. The van der Waals surface area contributed by atoms with Crippen molar-refractivity contribution in [2.45, 2.75) is 26.2 Å². The van der Waals surface area contributed by atoms with Gasteiger partial charge in [0.2, 0.25) is 0 Å². The van der Waals surface area contributed by atoms with E-state index in [-0.39, 0.29) is 6.03 Å². The van der Waals surface area contributed by atoms with Crippen molar-refractivity contribution in [3.05, 3.63) is 29.8 Å². The van der Waals surface area contributed by atoms with E-state index in [2.05, 4.69) is 12.2 Å². The molecule has 1 aromatic carbocycles. The molecule has 0 aliphatic carbocycles. The number of nitrogens with zero attached hydrogens (tertiary/aromatic N) is 2. The highest BCUT2D eigenvalue weighted by molar-refractivity contribution is 5.74. The Morgan fingerprint density at radius 3 is 2.55 bits per heavy atom. The largest absolute Gasteiger partial charge is 0.366 e. The van der Waals surface area contributed by atoms with Crippen LogP contribution in [0.25, 0.3) is 0 Å². The molecule has 1 aromatic rings. The van der Waals surface area contributed by atoms with Crippen LogP contribution in [0, 0.1) is 11.6 Å². The molecule has 1 fully saturated rings. The molecule has 0 spiro atoms. The first-order valence-corrected chi connectivity index (χ1v) is 7.84. The molecule has 1 heterocycles. The van der Waals surface area contributed by atoms with Crippen molar-refractivity contribution in [2.24, 2.45) is 0 Å². The zero-order valence-corrected chi connectivity index (χ0v) is 12.9. The Hall–Kier alpha value is -1.85. The van der Waals surface area contributed by atoms with Gasteiger partial charge < -0.3 is 15.1 Å². The third-order valence-electron chi connectivity index (χ3n) is 3.87. The third-order valence-corrected chi connectivity index (χ3v) is 3.87. The van der Waals surface area contributed by atoms with Crippen LogP contribution in [0.1, 0.15) is 26.2 Å². The number of unbranched alkanes of at least 4 members (excludes halogenated alkanes) is 2. The van der Waals surface area contributed by atoms with E-state index in [1.165, 1.54) is 12.1 Å². The zero-order chi connectivity index (χ0) is 15.9. The van der Waals surface area contributed by atoms with Gasteiger partial charge in [-0.25, -0.2) is 13.6 Å². The van der Waals surface area contributed by atoms with Crippen molar-refractivity contribution >= 4 is 11.7 Å². The van der Waals surface area contributed by atoms with Gasteiger partial charge in [0.15, 0.2) is 0 Å². The van der Waals surface area contributed by atoms with Crippen LogP contribution in [-0.2, 0) is 0 Å². The van der Waals surface area contributed by atoms with Crippen molar-refractivity contribution in [3.8, 4) is 0 Å². The van der Waals surface area contributed by atoms with Crippen LogP contribution < -0.4 is 10.2 Å². The Morgan fingerprint density at radius 2 is 1.91 bits per heavy atom. The van der Waals surface area contributed by atoms with Crippen molar-refractivity contribution in [1.82, 2.24) is 10.2 Å². The number of halogens is 2. The quantitative estimate of drug-likeness (QED) is 0.849. The molecule has 4 nitrogen and oxygen atoms in total. The summed E-state index contributed by atoms with van der Waals surface area (Å²) in [5, 5.41) is 2.91. The molecular weight excluding hydrogens is 288 g/mol. The van der Waals surface area contributed by atoms with Crippen molar-refractivity contribution in [1.29, 1.82) is 0 Å². The molecule has 0 atom stereocenters. The van der Waals surface area contributed by atoms with Crippen LogP contribution in [0.15, 0.2) is 18.2 Å². The van der Waals surface area contributed by atoms with E-state index in [0.717, 1.165) is 25.3 Å². The van der Waals surface area contributed by atoms with Crippen LogP contribution in [0.3, 0.4) is 0 Å². The van der Waals surface area contributed by atoms with E-state index in [9.17, 15) is 13.6 Å². The Labute approximate surface area is 130 Å². The third kappa shape index (κ3) is 4.32. The maximum absolute atomic E-state index is 13.8. The first-order valence-electron chi connectivity index (χ1n) is 7.84. The highest BCUT2D eigenvalue weighted by Gasteiger charge is 2.22. The molecule has 0 aromatic heterocycles. The SMILES string of the molecule is CCCCCNC(=O)N1CCN(c2ccc(F)cc2F)CC1. The summed E-state index contributed by atoms with van der Waals surface area (Å²) < 4.78 is 26.7. The lowest BCUT2D eigenvalue weighted by atomic mass is 10.2. The number of carbonyl (C=O) groups excluding carboxylic acids is 1. The normalized spacial score (nSPS) is 15.0. The molecule has 0 unspecified atom stereocenters. The van der Waals surface area contributed by atoms with Crippen LogP contribution in [0.4, 0.5) is 19.3 Å². The summed E-state index contributed by atoms with van der Waals surface area (Å²) in [4.78, 5) is 15.6. The number of piperazine rings is 1. The fraction of sp³-hybridized carbons (Fsp3) is 0.562. The zero-order valence-electron chi connectivity index (χ0n) is 12.9. The second-order valence-corrected chi connectivity index (χ2v) is 5.51. The van der Waals surface area contributed by atoms with Gasteiger partial charge >= 0.3 is 6.03 Å². The van der Waals surface area contributed by atoms with Gasteiger partial charge in [0.25, 0.3) is 0 Å². The molecule has 0 bridgehead atoms. The summed E-state index contributed by atoms with van der Waals surface area (Å²) in [6.45, 7) is 4.98. The Balaban J connectivity index is 1.81. The molecule has 2 rings (SSSR count). The van der Waals surface area contributed by atoms with Gasteiger partial charge in [-0.05, 0) is 18.6 Å².